The molecule has 64 heavy (non-hydrogen) atoms. The third-order valence-corrected chi connectivity index (χ3v) is 13.2. The van der Waals surface area contributed by atoms with Crippen molar-refractivity contribution in [2.75, 3.05) is 33.9 Å². The predicted octanol–water partition coefficient (Wildman–Crippen LogP) is 4.97. The van der Waals surface area contributed by atoms with Crippen LogP contribution in [0.25, 0.3) is 11.0 Å². The van der Waals surface area contributed by atoms with Gasteiger partial charge in [0.05, 0.1) is 74.1 Å². The molecule has 1 saturated heterocycles. The Morgan fingerprint density at radius 3 is 2.23 bits per heavy atom. The minimum Gasteiger partial charge on any atom is -0.508 e. The smallest absolute Gasteiger partial charge is 0.347 e. The van der Waals surface area contributed by atoms with Crippen molar-refractivity contribution in [2.45, 2.75) is 43.3 Å². The van der Waals surface area contributed by atoms with E-state index in [0.29, 0.717) is 50.2 Å². The van der Waals surface area contributed by atoms with Gasteiger partial charge in [-0.1, -0.05) is 41.4 Å². The lowest BCUT2D eigenvalue weighted by Crippen LogP contribution is -2.53. The highest BCUT2D eigenvalue weighted by Gasteiger charge is 2.69. The van der Waals surface area contributed by atoms with E-state index >= 15 is 9.59 Å². The third kappa shape index (κ3) is 6.35. The number of nitrogens with zero attached hydrogens (tertiary/aromatic N) is 6. The molecule has 2 N–H and O–H groups in total. The molecule has 4 heterocycles. The third-order valence-electron chi connectivity index (χ3n) is 12.7. The highest BCUT2D eigenvalue weighted by molar-refractivity contribution is 6.36. The first-order chi connectivity index (χ1) is 30.8. The number of allylic oxidation sites excluding steroid dienone is 2. The van der Waals surface area contributed by atoms with Crippen LogP contribution < -0.4 is 41.3 Å². The number of aromatic hydroxyl groups is 1. The number of aryl methyl sites for hydroxylation is 2. The molecule has 0 spiro atoms. The number of benzene rings is 4. The number of anilines is 1. The van der Waals surface area contributed by atoms with Gasteiger partial charge in [0.15, 0.2) is 11.5 Å². The molecule has 2 aliphatic heterocycles. The summed E-state index contributed by atoms with van der Waals surface area (Å²) in [6.45, 7) is -0.302. The maximum atomic E-state index is 15.6. The zero-order chi connectivity index (χ0) is 45.4. The Labute approximate surface area is 374 Å². The Morgan fingerprint density at radius 2 is 1.55 bits per heavy atom. The number of aromatic nitrogens is 5. The molecule has 1 aliphatic carbocycles. The lowest BCUT2D eigenvalue weighted by molar-refractivity contribution is -0.138. The number of carbonyl (C=O) groups excluding carboxylic acids is 2. The summed E-state index contributed by atoms with van der Waals surface area (Å²) < 4.78 is 27.0. The summed E-state index contributed by atoms with van der Waals surface area (Å²) in [7, 11) is 7.53. The van der Waals surface area contributed by atoms with E-state index in [1.165, 1.54) is 54.5 Å². The normalized spacial score (nSPS) is 20.1. The van der Waals surface area contributed by atoms with E-state index in [-0.39, 0.29) is 53.6 Å². The van der Waals surface area contributed by atoms with Gasteiger partial charge in [-0.25, -0.2) is 28.5 Å². The van der Waals surface area contributed by atoms with Crippen molar-refractivity contribution in [1.82, 2.24) is 28.5 Å². The quantitative estimate of drug-likeness (QED) is 0.131. The Kier molecular flexibility index (Phi) is 10.6. The summed E-state index contributed by atoms with van der Waals surface area (Å²) in [5, 5.41) is 13.2. The van der Waals surface area contributed by atoms with Gasteiger partial charge in [0.1, 0.15) is 22.9 Å². The summed E-state index contributed by atoms with van der Waals surface area (Å²) in [4.78, 5) is 77.8. The van der Waals surface area contributed by atoms with Crippen LogP contribution in [0, 0.1) is 5.92 Å². The number of halogens is 2. The second-order valence-electron chi connectivity index (χ2n) is 15.7. The molecule has 4 atom stereocenters. The first kappa shape index (κ1) is 42.3. The maximum absolute atomic E-state index is 15.6. The second-order valence-corrected chi connectivity index (χ2v) is 16.5. The van der Waals surface area contributed by atoms with Gasteiger partial charge in [0.2, 0.25) is 0 Å². The number of hydrazine groups is 1. The van der Waals surface area contributed by atoms with E-state index in [9.17, 15) is 19.5 Å². The lowest BCUT2D eigenvalue weighted by atomic mass is 9.53. The van der Waals surface area contributed by atoms with Crippen LogP contribution in [-0.4, -0.2) is 73.9 Å². The average molecular weight is 911 g/mol. The van der Waals surface area contributed by atoms with Crippen LogP contribution in [0.2, 0.25) is 10.0 Å². The molecule has 2 fully saturated rings. The summed E-state index contributed by atoms with van der Waals surface area (Å²) in [5.41, 5.74) is 1.89. The Balaban J connectivity index is 1.19. The van der Waals surface area contributed by atoms with Gasteiger partial charge in [-0.15, -0.1) is 0 Å². The number of ether oxygens (including phenoxy) is 4. The number of carbonyl (C=O) groups is 2. The Hall–Kier alpha value is -6.98. The minimum absolute atomic E-state index is 0.0779. The van der Waals surface area contributed by atoms with Gasteiger partial charge >= 0.3 is 11.4 Å². The Morgan fingerprint density at radius 1 is 0.844 bits per heavy atom. The molecule has 17 nitrogen and oxygen atoms in total. The van der Waals surface area contributed by atoms with Gasteiger partial charge in [-0.3, -0.25) is 19.8 Å². The molecule has 3 aliphatic rings. The molecule has 0 radical (unpaired) electrons. The standard InChI is InChI=1S/C45H41Cl2N7O10/c1-50-35-22-38(64-5)37(63-4)21-33(35)48-32(41(50)57)15-16-51-43(59)52-17-14-27-34(54(52)44(51)60)20-29-40(56)53(49-31-12-8-24(46)18-30(31)47)42(58)45(29,23-6-9-25(61-2)10-7-23)39(27)28-19-26(62-3)11-13-36(28)55/h6-14,18-19,21-22,29,34,39,49,55H,15-17,20H2,1-5H3/t29-,34+,39+,45+/m0/s1. The topological polar surface area (TPSA) is 190 Å². The minimum atomic E-state index is -1.75. The molecule has 9 rings (SSSR count). The molecule has 2 amide bonds. The number of hydrogen-bond acceptors (Lipinski definition) is 12. The van der Waals surface area contributed by atoms with Crippen molar-refractivity contribution in [3.05, 3.63) is 143 Å². The van der Waals surface area contributed by atoms with Crippen LogP contribution in [0.4, 0.5) is 5.69 Å². The number of hydrogen-bond donors (Lipinski definition) is 2. The highest BCUT2D eigenvalue weighted by atomic mass is 35.5. The van der Waals surface area contributed by atoms with Crippen molar-refractivity contribution in [1.29, 1.82) is 0 Å². The molecule has 4 aromatic carbocycles. The van der Waals surface area contributed by atoms with Crippen LogP contribution in [0.1, 0.15) is 35.2 Å². The zero-order valence-corrected chi connectivity index (χ0v) is 36.6. The van der Waals surface area contributed by atoms with Gasteiger partial charge in [-0.2, -0.15) is 5.01 Å². The van der Waals surface area contributed by atoms with Crippen LogP contribution in [-0.2, 0) is 41.6 Å². The molecule has 2 aromatic heterocycles. The average Bonchev–Trinajstić information content (AvgIpc) is 3.67. The fourth-order valence-corrected chi connectivity index (χ4v) is 10.1. The van der Waals surface area contributed by atoms with Crippen molar-refractivity contribution in [3.8, 4) is 28.7 Å². The second kappa shape index (κ2) is 16.0. The summed E-state index contributed by atoms with van der Waals surface area (Å²) in [5.74, 6) is -2.11. The SMILES string of the molecule is COc1ccc([C@@]23C(=O)N(Nc4ccc(Cl)cc4Cl)C(=O)[C@@H]2C[C@@H]2C(=CCn4c(=O)n(CCc5nc6cc(OC)c(OC)cc6n(C)c5=O)c(=O)n42)[C@@H]3c2cc(OC)ccc2O)cc1. The number of fused-ring (bicyclic) bond motifs is 5. The largest absolute Gasteiger partial charge is 0.508 e. The van der Waals surface area contributed by atoms with Crippen LogP contribution in [0.5, 0.6) is 28.7 Å². The predicted molar refractivity (Wildman–Crippen MR) is 236 cm³/mol. The van der Waals surface area contributed by atoms with Gasteiger partial charge in [-0.05, 0) is 66.1 Å². The van der Waals surface area contributed by atoms with Crippen LogP contribution in [0.3, 0.4) is 0 Å². The molecule has 19 heteroatoms. The van der Waals surface area contributed by atoms with Crippen LogP contribution >= 0.6 is 23.2 Å². The number of amides is 2. The van der Waals surface area contributed by atoms with E-state index in [1.54, 1.807) is 73.8 Å². The molecular formula is C45H41Cl2N7O10. The first-order valence-electron chi connectivity index (χ1n) is 20.1. The fourth-order valence-electron chi connectivity index (χ4n) is 9.67. The van der Waals surface area contributed by atoms with Crippen molar-refractivity contribution < 1.29 is 33.6 Å². The number of phenolic OH excluding ortho intramolecular Hbond substituents is 1. The van der Waals surface area contributed by atoms with Crippen molar-refractivity contribution in [2.24, 2.45) is 13.0 Å². The van der Waals surface area contributed by atoms with E-state index in [0.717, 1.165) is 9.58 Å². The molecule has 0 bridgehead atoms. The molecular weight excluding hydrogens is 869 g/mol. The highest BCUT2D eigenvalue weighted by Crippen LogP contribution is 2.63. The fraction of sp³-hybridized carbons (Fsp3) is 0.289. The van der Waals surface area contributed by atoms with Gasteiger partial charge in [0, 0.05) is 48.6 Å². The van der Waals surface area contributed by atoms with E-state index in [4.69, 9.17) is 42.1 Å². The van der Waals surface area contributed by atoms with Crippen molar-refractivity contribution in [3.63, 3.8) is 0 Å². The Bertz CT molecular complexity index is 3140. The number of rotatable bonds is 11. The number of phenols is 1. The summed E-state index contributed by atoms with van der Waals surface area (Å²) in [6, 6.07) is 18.3. The van der Waals surface area contributed by atoms with E-state index in [1.807, 2.05) is 0 Å². The van der Waals surface area contributed by atoms with Crippen molar-refractivity contribution >= 4 is 51.7 Å². The van der Waals surface area contributed by atoms with E-state index in [2.05, 4.69) is 10.4 Å². The lowest BCUT2D eigenvalue weighted by Gasteiger charge is -2.49. The summed E-state index contributed by atoms with van der Waals surface area (Å²) >= 11 is 12.8. The van der Waals surface area contributed by atoms with E-state index < -0.39 is 52.0 Å². The molecule has 330 valence electrons. The number of imide groups is 1. The number of nitrogens with one attached hydrogen (secondary N) is 1. The van der Waals surface area contributed by atoms with Gasteiger partial charge in [0.25, 0.3) is 17.4 Å². The maximum Gasteiger partial charge on any atom is 0.347 e. The monoisotopic (exact) mass is 909 g/mol. The van der Waals surface area contributed by atoms with Crippen LogP contribution in [0.15, 0.2) is 98.8 Å². The zero-order valence-electron chi connectivity index (χ0n) is 35.1. The first-order valence-corrected chi connectivity index (χ1v) is 20.9. The number of methoxy groups -OCH3 is 4. The van der Waals surface area contributed by atoms with Gasteiger partial charge < -0.3 is 28.6 Å². The molecule has 1 saturated carbocycles. The molecule has 0 unspecified atom stereocenters. The summed E-state index contributed by atoms with van der Waals surface area (Å²) in [6.07, 6.45) is 1.58. The molecule has 6 aromatic rings.